The molecule has 2 rings (SSSR count). The Morgan fingerprint density at radius 3 is 2.61 bits per heavy atom. The van der Waals surface area contributed by atoms with Gasteiger partial charge < -0.3 is 5.73 Å². The SMILES string of the molecule is Cn1ncc(N)c1NS(=O)(=O)c1ccccc1Cl. The first-order chi connectivity index (χ1) is 8.42. The minimum atomic E-state index is -3.78. The van der Waals surface area contributed by atoms with Gasteiger partial charge in [-0.3, -0.25) is 9.40 Å². The van der Waals surface area contributed by atoms with Gasteiger partial charge in [0.15, 0.2) is 5.82 Å². The third-order valence-electron chi connectivity index (χ3n) is 2.32. The van der Waals surface area contributed by atoms with Crippen LogP contribution in [0.5, 0.6) is 0 Å². The van der Waals surface area contributed by atoms with Crippen LogP contribution in [0.2, 0.25) is 5.02 Å². The first-order valence-corrected chi connectivity index (χ1v) is 6.83. The zero-order chi connectivity index (χ0) is 13.3. The molecule has 0 unspecified atom stereocenters. The van der Waals surface area contributed by atoms with Gasteiger partial charge in [0.1, 0.15) is 4.90 Å². The number of rotatable bonds is 3. The molecule has 0 spiro atoms. The standard InChI is InChI=1S/C10H11ClN4O2S/c1-15-10(8(12)6-13-15)14-18(16,17)9-5-3-2-4-7(9)11/h2-6,14H,12H2,1H3. The first kappa shape index (κ1) is 12.7. The second-order valence-corrected chi connectivity index (χ2v) is 5.67. The molecule has 6 nitrogen and oxygen atoms in total. The molecule has 1 heterocycles. The lowest BCUT2D eigenvalue weighted by Gasteiger charge is -2.10. The van der Waals surface area contributed by atoms with Gasteiger partial charge in [0.05, 0.1) is 16.9 Å². The van der Waals surface area contributed by atoms with E-state index in [0.717, 1.165) is 0 Å². The molecule has 2 aromatic rings. The molecule has 96 valence electrons. The predicted octanol–water partition coefficient (Wildman–Crippen LogP) is 1.46. The summed E-state index contributed by atoms with van der Waals surface area (Å²) >= 11 is 5.86. The van der Waals surface area contributed by atoms with Gasteiger partial charge in [-0.2, -0.15) is 5.10 Å². The predicted molar refractivity (Wildman–Crippen MR) is 69.9 cm³/mol. The van der Waals surface area contributed by atoms with Crippen LogP contribution in [0.3, 0.4) is 0 Å². The Morgan fingerprint density at radius 2 is 2.06 bits per heavy atom. The van der Waals surface area contributed by atoms with E-state index >= 15 is 0 Å². The highest BCUT2D eigenvalue weighted by Gasteiger charge is 2.20. The number of nitrogen functional groups attached to an aromatic ring is 1. The Hall–Kier alpha value is -1.73. The lowest BCUT2D eigenvalue weighted by Crippen LogP contribution is -2.16. The molecule has 0 amide bonds. The van der Waals surface area contributed by atoms with Crippen molar-refractivity contribution in [3.05, 3.63) is 35.5 Å². The Morgan fingerprint density at radius 1 is 1.39 bits per heavy atom. The van der Waals surface area contributed by atoms with Crippen molar-refractivity contribution in [2.45, 2.75) is 4.90 Å². The summed E-state index contributed by atoms with van der Waals surface area (Å²) in [6.45, 7) is 0. The maximum absolute atomic E-state index is 12.1. The Kier molecular flexibility index (Phi) is 3.18. The van der Waals surface area contributed by atoms with Crippen LogP contribution in [-0.2, 0) is 17.1 Å². The van der Waals surface area contributed by atoms with Crippen molar-refractivity contribution in [3.63, 3.8) is 0 Å². The second-order valence-electron chi connectivity index (χ2n) is 3.61. The molecule has 0 aliphatic rings. The molecular formula is C10H11ClN4O2S. The van der Waals surface area contributed by atoms with Crippen molar-refractivity contribution in [3.8, 4) is 0 Å². The van der Waals surface area contributed by atoms with Crippen LogP contribution in [0.25, 0.3) is 0 Å². The third-order valence-corrected chi connectivity index (χ3v) is 4.16. The topological polar surface area (TPSA) is 90.0 Å². The lowest BCUT2D eigenvalue weighted by molar-refractivity contribution is 0.600. The fraction of sp³-hybridized carbons (Fsp3) is 0.100. The van der Waals surface area contributed by atoms with Gasteiger partial charge in [-0.05, 0) is 12.1 Å². The maximum atomic E-state index is 12.1. The zero-order valence-corrected chi connectivity index (χ0v) is 11.0. The lowest BCUT2D eigenvalue weighted by atomic mass is 10.4. The summed E-state index contributed by atoms with van der Waals surface area (Å²) in [5.41, 5.74) is 5.87. The van der Waals surface area contributed by atoms with E-state index < -0.39 is 10.0 Å². The largest absolute Gasteiger partial charge is 0.394 e. The molecular weight excluding hydrogens is 276 g/mol. The monoisotopic (exact) mass is 286 g/mol. The summed E-state index contributed by atoms with van der Waals surface area (Å²) in [6.07, 6.45) is 1.37. The molecule has 0 atom stereocenters. The van der Waals surface area contributed by atoms with Crippen molar-refractivity contribution in [1.82, 2.24) is 9.78 Å². The first-order valence-electron chi connectivity index (χ1n) is 4.96. The van der Waals surface area contributed by atoms with Gasteiger partial charge in [0, 0.05) is 7.05 Å². The molecule has 0 bridgehead atoms. The highest BCUT2D eigenvalue weighted by atomic mass is 35.5. The van der Waals surface area contributed by atoms with Crippen LogP contribution in [0.4, 0.5) is 11.5 Å². The Balaban J connectivity index is 2.43. The highest BCUT2D eigenvalue weighted by Crippen LogP contribution is 2.25. The molecule has 1 aromatic heterocycles. The van der Waals surface area contributed by atoms with Gasteiger partial charge in [0.2, 0.25) is 0 Å². The maximum Gasteiger partial charge on any atom is 0.264 e. The number of anilines is 2. The third kappa shape index (κ3) is 2.27. The summed E-state index contributed by atoms with van der Waals surface area (Å²) in [5.74, 6) is 0.204. The molecule has 3 N–H and O–H groups in total. The number of halogens is 1. The number of aryl methyl sites for hydroxylation is 1. The Labute approximate surface area is 109 Å². The minimum absolute atomic E-state index is 0.00716. The van der Waals surface area contributed by atoms with Gasteiger partial charge >= 0.3 is 0 Å². The van der Waals surface area contributed by atoms with Crippen LogP contribution in [-0.4, -0.2) is 18.2 Å². The van der Waals surface area contributed by atoms with Crippen molar-refractivity contribution < 1.29 is 8.42 Å². The number of hydrogen-bond acceptors (Lipinski definition) is 4. The van der Waals surface area contributed by atoms with Crippen molar-refractivity contribution in [2.75, 3.05) is 10.5 Å². The molecule has 0 fully saturated rings. The van der Waals surface area contributed by atoms with E-state index in [-0.39, 0.29) is 21.4 Å². The van der Waals surface area contributed by atoms with Gasteiger partial charge in [-0.25, -0.2) is 8.42 Å². The van der Waals surface area contributed by atoms with E-state index in [2.05, 4.69) is 9.82 Å². The Bertz CT molecular complexity index is 661. The van der Waals surface area contributed by atoms with Crippen molar-refractivity contribution in [1.29, 1.82) is 0 Å². The molecule has 0 aliphatic carbocycles. The number of aromatic nitrogens is 2. The molecule has 8 heteroatoms. The fourth-order valence-corrected chi connectivity index (χ4v) is 3.06. The number of hydrogen-bond donors (Lipinski definition) is 2. The molecule has 0 radical (unpaired) electrons. The summed E-state index contributed by atoms with van der Waals surface area (Å²) < 4.78 is 28.0. The van der Waals surface area contributed by atoms with E-state index in [1.54, 1.807) is 19.2 Å². The second kappa shape index (κ2) is 4.51. The minimum Gasteiger partial charge on any atom is -0.394 e. The van der Waals surface area contributed by atoms with Crippen LogP contribution in [0.1, 0.15) is 0 Å². The molecule has 18 heavy (non-hydrogen) atoms. The van der Waals surface area contributed by atoms with E-state index in [1.165, 1.54) is 23.0 Å². The summed E-state index contributed by atoms with van der Waals surface area (Å²) in [4.78, 5) is -0.00716. The van der Waals surface area contributed by atoms with Crippen LogP contribution in [0, 0.1) is 0 Å². The number of nitrogens with two attached hydrogens (primary N) is 1. The average Bonchev–Trinajstić information content (AvgIpc) is 2.61. The number of nitrogens with one attached hydrogen (secondary N) is 1. The molecule has 0 saturated carbocycles. The summed E-state index contributed by atoms with van der Waals surface area (Å²) in [7, 11) is -2.20. The normalized spacial score (nSPS) is 11.4. The number of sulfonamides is 1. The highest BCUT2D eigenvalue weighted by molar-refractivity contribution is 7.92. The van der Waals surface area contributed by atoms with E-state index in [9.17, 15) is 8.42 Å². The summed E-state index contributed by atoms with van der Waals surface area (Å²) in [6, 6.07) is 6.16. The van der Waals surface area contributed by atoms with Gasteiger partial charge in [-0.1, -0.05) is 23.7 Å². The van der Waals surface area contributed by atoms with Crippen molar-refractivity contribution in [2.24, 2.45) is 7.05 Å². The molecule has 1 aromatic carbocycles. The molecule has 0 aliphatic heterocycles. The van der Waals surface area contributed by atoms with E-state index in [1.807, 2.05) is 0 Å². The van der Waals surface area contributed by atoms with Gasteiger partial charge in [0.25, 0.3) is 10.0 Å². The number of benzene rings is 1. The smallest absolute Gasteiger partial charge is 0.264 e. The molecule has 0 saturated heterocycles. The fourth-order valence-electron chi connectivity index (χ4n) is 1.42. The van der Waals surface area contributed by atoms with Crippen LogP contribution in [0.15, 0.2) is 35.4 Å². The van der Waals surface area contributed by atoms with Gasteiger partial charge in [-0.15, -0.1) is 0 Å². The van der Waals surface area contributed by atoms with E-state index in [4.69, 9.17) is 17.3 Å². The van der Waals surface area contributed by atoms with Crippen LogP contribution < -0.4 is 10.5 Å². The van der Waals surface area contributed by atoms with E-state index in [0.29, 0.717) is 0 Å². The quantitative estimate of drug-likeness (QED) is 0.894. The average molecular weight is 287 g/mol. The van der Waals surface area contributed by atoms with Crippen molar-refractivity contribution >= 4 is 33.1 Å². The summed E-state index contributed by atoms with van der Waals surface area (Å²) in [5, 5.41) is 3.99. The van der Waals surface area contributed by atoms with Crippen LogP contribution >= 0.6 is 11.6 Å². The zero-order valence-electron chi connectivity index (χ0n) is 9.46. The number of nitrogens with zero attached hydrogens (tertiary/aromatic N) is 2.